The molecule has 1 unspecified atom stereocenters. The van der Waals surface area contributed by atoms with Crippen LogP contribution in [0.1, 0.15) is 6.92 Å². The van der Waals surface area contributed by atoms with Gasteiger partial charge in [0, 0.05) is 11.6 Å². The van der Waals surface area contributed by atoms with Gasteiger partial charge >= 0.3 is 0 Å². The molecule has 0 bridgehead atoms. The predicted octanol–water partition coefficient (Wildman–Crippen LogP) is 2.15. The highest BCUT2D eigenvalue weighted by Gasteiger charge is 2.21. The van der Waals surface area contributed by atoms with E-state index in [0.29, 0.717) is 11.1 Å². The van der Waals surface area contributed by atoms with Gasteiger partial charge in [0.1, 0.15) is 0 Å². The molecule has 0 radical (unpaired) electrons. The van der Waals surface area contributed by atoms with Gasteiger partial charge < -0.3 is 9.64 Å². The van der Waals surface area contributed by atoms with Crippen molar-refractivity contribution in [1.82, 2.24) is 15.0 Å². The second-order valence-corrected chi connectivity index (χ2v) is 5.03. The Labute approximate surface area is 116 Å². The van der Waals surface area contributed by atoms with Crippen LogP contribution in [0, 0.1) is 0 Å². The number of rotatable bonds is 2. The van der Waals surface area contributed by atoms with Crippen LogP contribution in [0.5, 0.6) is 0 Å². The molecule has 1 saturated heterocycles. The summed E-state index contributed by atoms with van der Waals surface area (Å²) in [4.78, 5) is 3.81. The number of anilines is 1. The molecule has 0 aliphatic carbocycles. The van der Waals surface area contributed by atoms with E-state index in [2.05, 4.69) is 22.0 Å². The zero-order valence-corrected chi connectivity index (χ0v) is 11.4. The monoisotopic (exact) mass is 278 g/mol. The second-order valence-electron chi connectivity index (χ2n) is 4.59. The van der Waals surface area contributed by atoms with Gasteiger partial charge in [0.2, 0.25) is 0 Å². The molecule has 19 heavy (non-hydrogen) atoms. The number of ether oxygens (including phenoxy) is 1. The van der Waals surface area contributed by atoms with E-state index in [9.17, 15) is 0 Å². The van der Waals surface area contributed by atoms with E-state index >= 15 is 0 Å². The summed E-state index contributed by atoms with van der Waals surface area (Å²) >= 11 is 5.98. The first kappa shape index (κ1) is 12.4. The Hall–Kier alpha value is -1.59. The lowest BCUT2D eigenvalue weighted by atomic mass is 10.2. The molecular weight excluding hydrogens is 264 g/mol. The van der Waals surface area contributed by atoms with Crippen LogP contribution in [0.3, 0.4) is 0 Å². The smallest absolute Gasteiger partial charge is 0.171 e. The van der Waals surface area contributed by atoms with Gasteiger partial charge in [0.15, 0.2) is 5.82 Å². The molecule has 1 aromatic heterocycles. The van der Waals surface area contributed by atoms with E-state index < -0.39 is 0 Å². The topological polar surface area (TPSA) is 43.2 Å². The van der Waals surface area contributed by atoms with Crippen LogP contribution in [-0.4, -0.2) is 40.8 Å². The van der Waals surface area contributed by atoms with Crippen LogP contribution in [0.2, 0.25) is 5.02 Å². The Bertz CT molecular complexity index is 571. The summed E-state index contributed by atoms with van der Waals surface area (Å²) in [6, 6.07) is 7.81. The Balaban J connectivity index is 1.86. The summed E-state index contributed by atoms with van der Waals surface area (Å²) in [6.45, 7) is 4.42. The van der Waals surface area contributed by atoms with E-state index in [-0.39, 0.29) is 0 Å². The molecule has 1 aromatic carbocycles. The highest BCUT2D eigenvalue weighted by Crippen LogP contribution is 2.18. The molecule has 2 aromatic rings. The van der Waals surface area contributed by atoms with Crippen LogP contribution in [0.25, 0.3) is 5.69 Å². The Morgan fingerprint density at radius 2 is 2.32 bits per heavy atom. The maximum atomic E-state index is 5.98. The fraction of sp³-hybridized carbons (Fsp3) is 0.385. The van der Waals surface area contributed by atoms with Crippen molar-refractivity contribution < 1.29 is 4.74 Å². The van der Waals surface area contributed by atoms with Gasteiger partial charge in [-0.2, -0.15) is 5.10 Å². The lowest BCUT2D eigenvalue weighted by molar-refractivity contribution is 0.0985. The van der Waals surface area contributed by atoms with Crippen molar-refractivity contribution in [2.24, 2.45) is 0 Å². The Morgan fingerprint density at radius 3 is 3.11 bits per heavy atom. The molecule has 0 spiro atoms. The minimum absolute atomic E-state index is 0.318. The molecule has 1 aliphatic heterocycles. The zero-order valence-electron chi connectivity index (χ0n) is 10.7. The first-order chi connectivity index (χ1) is 9.24. The largest absolute Gasteiger partial charge is 0.377 e. The minimum atomic E-state index is 0.318. The fourth-order valence-corrected chi connectivity index (χ4v) is 2.36. The third-order valence-electron chi connectivity index (χ3n) is 3.18. The highest BCUT2D eigenvalue weighted by molar-refractivity contribution is 6.30. The number of morpholine rings is 1. The number of benzene rings is 1. The molecule has 6 heteroatoms. The molecule has 1 fully saturated rings. The van der Waals surface area contributed by atoms with Gasteiger partial charge in [-0.15, -0.1) is 9.90 Å². The van der Waals surface area contributed by atoms with E-state index in [1.54, 1.807) is 11.0 Å². The van der Waals surface area contributed by atoms with Gasteiger partial charge in [-0.3, -0.25) is 0 Å². The summed E-state index contributed by atoms with van der Waals surface area (Å²) in [5, 5.41) is 9.49. The second kappa shape index (κ2) is 5.19. The third kappa shape index (κ3) is 2.57. The zero-order chi connectivity index (χ0) is 13.2. The quantitative estimate of drug-likeness (QED) is 0.844. The summed E-state index contributed by atoms with van der Waals surface area (Å²) in [7, 11) is 0. The van der Waals surface area contributed by atoms with Crippen LogP contribution in [-0.2, 0) is 4.74 Å². The Morgan fingerprint density at radius 1 is 1.42 bits per heavy atom. The molecular formula is C13H15ClN4O. The summed E-state index contributed by atoms with van der Waals surface area (Å²) in [5.74, 6) is 0.871. The van der Waals surface area contributed by atoms with Crippen LogP contribution in [0.4, 0.5) is 5.82 Å². The van der Waals surface area contributed by atoms with E-state index in [1.165, 1.54) is 0 Å². The first-order valence-electron chi connectivity index (χ1n) is 6.27. The number of nitrogens with zero attached hydrogens (tertiary/aromatic N) is 4. The molecule has 1 atom stereocenters. The van der Waals surface area contributed by atoms with Gasteiger partial charge in [-0.05, 0) is 25.1 Å². The number of halogens is 1. The van der Waals surface area contributed by atoms with Crippen LogP contribution < -0.4 is 4.90 Å². The summed E-state index contributed by atoms with van der Waals surface area (Å²) in [6.07, 6.45) is 1.78. The molecule has 2 heterocycles. The highest BCUT2D eigenvalue weighted by atomic mass is 35.5. The molecule has 3 rings (SSSR count). The van der Waals surface area contributed by atoms with Crippen molar-refractivity contribution in [2.75, 3.05) is 24.7 Å². The molecule has 0 saturated carbocycles. The summed E-state index contributed by atoms with van der Waals surface area (Å²) < 4.78 is 5.43. The van der Waals surface area contributed by atoms with Gasteiger partial charge in [0.25, 0.3) is 0 Å². The van der Waals surface area contributed by atoms with Crippen molar-refractivity contribution in [2.45, 2.75) is 13.0 Å². The molecule has 1 aliphatic rings. The fourth-order valence-electron chi connectivity index (χ4n) is 2.18. The molecule has 100 valence electrons. The van der Waals surface area contributed by atoms with E-state index in [4.69, 9.17) is 16.3 Å². The number of hydrogen-bond donors (Lipinski definition) is 0. The standard InChI is InChI=1S/C13H15ClN4O/c1-10-9-19-6-5-17(10)13-8-15-18(16-13)12-4-2-3-11(14)7-12/h2-4,7-8,10H,5-6,9H2,1H3. The van der Waals surface area contributed by atoms with E-state index in [0.717, 1.165) is 31.3 Å². The normalized spacial score (nSPS) is 19.7. The SMILES string of the molecule is CC1COCCN1c1cnn(-c2cccc(Cl)c2)n1. The lowest BCUT2D eigenvalue weighted by Gasteiger charge is -2.32. The first-order valence-corrected chi connectivity index (χ1v) is 6.64. The third-order valence-corrected chi connectivity index (χ3v) is 3.42. The van der Waals surface area contributed by atoms with Gasteiger partial charge in [-0.25, -0.2) is 0 Å². The van der Waals surface area contributed by atoms with Crippen molar-refractivity contribution in [3.8, 4) is 5.69 Å². The maximum Gasteiger partial charge on any atom is 0.171 e. The van der Waals surface area contributed by atoms with Crippen molar-refractivity contribution >= 4 is 17.4 Å². The summed E-state index contributed by atoms with van der Waals surface area (Å²) in [5.41, 5.74) is 0.861. The van der Waals surface area contributed by atoms with Gasteiger partial charge in [-0.1, -0.05) is 17.7 Å². The van der Waals surface area contributed by atoms with Crippen molar-refractivity contribution in [3.63, 3.8) is 0 Å². The average molecular weight is 279 g/mol. The van der Waals surface area contributed by atoms with Crippen molar-refractivity contribution in [3.05, 3.63) is 35.5 Å². The molecule has 5 nitrogen and oxygen atoms in total. The maximum absolute atomic E-state index is 5.98. The predicted molar refractivity (Wildman–Crippen MR) is 74.0 cm³/mol. The number of hydrogen-bond acceptors (Lipinski definition) is 4. The van der Waals surface area contributed by atoms with Gasteiger partial charge in [0.05, 0.1) is 31.1 Å². The van der Waals surface area contributed by atoms with Crippen molar-refractivity contribution in [1.29, 1.82) is 0 Å². The number of aromatic nitrogens is 3. The van der Waals surface area contributed by atoms with Crippen LogP contribution >= 0.6 is 11.6 Å². The lowest BCUT2D eigenvalue weighted by Crippen LogP contribution is -2.44. The van der Waals surface area contributed by atoms with Crippen LogP contribution in [0.15, 0.2) is 30.5 Å². The van der Waals surface area contributed by atoms with E-state index in [1.807, 2.05) is 24.3 Å². The molecule has 0 amide bonds. The Kier molecular flexibility index (Phi) is 3.40. The average Bonchev–Trinajstić information content (AvgIpc) is 2.89. The molecule has 0 N–H and O–H groups in total. The minimum Gasteiger partial charge on any atom is -0.377 e.